The molecule has 1 fully saturated rings. The van der Waals surface area contributed by atoms with Crippen molar-refractivity contribution in [2.24, 2.45) is 10.9 Å². The minimum Gasteiger partial charge on any atom is -0.379 e. The van der Waals surface area contributed by atoms with Gasteiger partial charge in [-0.2, -0.15) is 0 Å². The Labute approximate surface area is 159 Å². The van der Waals surface area contributed by atoms with Crippen molar-refractivity contribution in [1.82, 2.24) is 15.5 Å². The number of benzene rings is 1. The van der Waals surface area contributed by atoms with Crippen molar-refractivity contribution in [3.8, 4) is 0 Å². The van der Waals surface area contributed by atoms with Crippen LogP contribution in [0.1, 0.15) is 44.7 Å². The van der Waals surface area contributed by atoms with E-state index in [0.717, 1.165) is 51.9 Å². The summed E-state index contributed by atoms with van der Waals surface area (Å²) in [7, 11) is 0. The molecule has 2 N–H and O–H groups in total. The number of hydrogen-bond acceptors (Lipinski definition) is 3. The van der Waals surface area contributed by atoms with E-state index in [1.165, 1.54) is 24.0 Å². The molecule has 26 heavy (non-hydrogen) atoms. The fourth-order valence-electron chi connectivity index (χ4n) is 3.17. The molecule has 0 aromatic heterocycles. The molecule has 0 aliphatic carbocycles. The molecule has 5 heteroatoms. The maximum Gasteiger partial charge on any atom is 0.191 e. The van der Waals surface area contributed by atoms with Crippen molar-refractivity contribution in [2.75, 3.05) is 39.4 Å². The van der Waals surface area contributed by atoms with Crippen LogP contribution in [0, 0.1) is 5.92 Å². The molecule has 0 atom stereocenters. The van der Waals surface area contributed by atoms with Crippen LogP contribution < -0.4 is 10.6 Å². The molecule has 0 bridgehead atoms. The Morgan fingerprint density at radius 3 is 2.54 bits per heavy atom. The maximum absolute atomic E-state index is 5.43. The van der Waals surface area contributed by atoms with Gasteiger partial charge in [-0.3, -0.25) is 4.90 Å². The first-order valence-electron chi connectivity index (χ1n) is 10.1. The van der Waals surface area contributed by atoms with E-state index < -0.39 is 0 Å². The smallest absolute Gasteiger partial charge is 0.191 e. The number of nitrogens with zero attached hydrogens (tertiary/aromatic N) is 2. The third-order valence-electron chi connectivity index (χ3n) is 4.98. The Hall–Kier alpha value is -1.59. The van der Waals surface area contributed by atoms with Crippen LogP contribution in [-0.4, -0.2) is 50.3 Å². The van der Waals surface area contributed by atoms with Crippen molar-refractivity contribution in [1.29, 1.82) is 0 Å². The zero-order chi connectivity index (χ0) is 18.6. The summed E-state index contributed by atoms with van der Waals surface area (Å²) in [6.45, 7) is 13.9. The van der Waals surface area contributed by atoms with E-state index in [1.54, 1.807) is 0 Å². The van der Waals surface area contributed by atoms with E-state index in [-0.39, 0.29) is 0 Å². The minimum atomic E-state index is 0.704. The maximum atomic E-state index is 5.43. The van der Waals surface area contributed by atoms with E-state index >= 15 is 0 Å². The molecule has 0 unspecified atom stereocenters. The van der Waals surface area contributed by atoms with E-state index in [4.69, 9.17) is 9.73 Å². The fraction of sp³-hybridized carbons (Fsp3) is 0.667. The first-order valence-corrected chi connectivity index (χ1v) is 10.1. The molecule has 0 radical (unpaired) electrons. The number of nitrogens with one attached hydrogen (secondary N) is 2. The summed E-state index contributed by atoms with van der Waals surface area (Å²) in [6.07, 6.45) is 2.40. The number of ether oxygens (including phenoxy) is 1. The largest absolute Gasteiger partial charge is 0.379 e. The molecule has 1 aliphatic rings. The summed E-state index contributed by atoms with van der Waals surface area (Å²) in [4.78, 5) is 7.22. The number of guanidine groups is 1. The van der Waals surface area contributed by atoms with Crippen LogP contribution in [0.2, 0.25) is 0 Å². The second-order valence-electron chi connectivity index (χ2n) is 6.97. The van der Waals surface area contributed by atoms with Gasteiger partial charge in [0.15, 0.2) is 5.96 Å². The first-order chi connectivity index (χ1) is 12.7. The number of rotatable bonds is 9. The van der Waals surface area contributed by atoms with Crippen LogP contribution >= 0.6 is 0 Å². The molecule has 1 aromatic carbocycles. The van der Waals surface area contributed by atoms with E-state index in [2.05, 4.69) is 60.6 Å². The summed E-state index contributed by atoms with van der Waals surface area (Å²) >= 11 is 0. The van der Waals surface area contributed by atoms with Gasteiger partial charge in [-0.1, -0.05) is 51.0 Å². The molecule has 0 saturated carbocycles. The monoisotopic (exact) mass is 360 g/mol. The van der Waals surface area contributed by atoms with Gasteiger partial charge in [0.25, 0.3) is 0 Å². The predicted octanol–water partition coefficient (Wildman–Crippen LogP) is 3.01. The van der Waals surface area contributed by atoms with Gasteiger partial charge in [0.05, 0.1) is 19.8 Å². The summed E-state index contributed by atoms with van der Waals surface area (Å²) < 4.78 is 5.43. The predicted molar refractivity (Wildman–Crippen MR) is 109 cm³/mol. The molecule has 1 saturated heterocycles. The van der Waals surface area contributed by atoms with Gasteiger partial charge in [0.1, 0.15) is 0 Å². The summed E-state index contributed by atoms with van der Waals surface area (Å²) in [5.41, 5.74) is 2.62. The van der Waals surface area contributed by atoms with Crippen LogP contribution in [0.5, 0.6) is 0 Å². The van der Waals surface area contributed by atoms with Gasteiger partial charge >= 0.3 is 0 Å². The van der Waals surface area contributed by atoms with Crippen molar-refractivity contribution < 1.29 is 4.74 Å². The lowest BCUT2D eigenvalue weighted by molar-refractivity contribution is 0.0342. The Kier molecular flexibility index (Phi) is 9.50. The zero-order valence-corrected chi connectivity index (χ0v) is 16.8. The Morgan fingerprint density at radius 2 is 1.85 bits per heavy atom. The number of aliphatic imine (C=N–C) groups is 1. The highest BCUT2D eigenvalue weighted by Crippen LogP contribution is 2.11. The van der Waals surface area contributed by atoms with E-state index in [1.807, 2.05) is 0 Å². The highest BCUT2D eigenvalue weighted by molar-refractivity contribution is 5.79. The SMILES string of the molecule is CCNC(=NCc1cccc(CN2CCOCC2)c1)NCC(CC)CC. The summed E-state index contributed by atoms with van der Waals surface area (Å²) in [5, 5.41) is 6.84. The summed E-state index contributed by atoms with van der Waals surface area (Å²) in [6, 6.07) is 8.80. The molecule has 1 aromatic rings. The zero-order valence-electron chi connectivity index (χ0n) is 16.8. The molecule has 0 spiro atoms. The minimum absolute atomic E-state index is 0.704. The Morgan fingerprint density at radius 1 is 1.12 bits per heavy atom. The van der Waals surface area contributed by atoms with Gasteiger partial charge in [-0.15, -0.1) is 0 Å². The van der Waals surface area contributed by atoms with Crippen LogP contribution in [0.15, 0.2) is 29.3 Å². The topological polar surface area (TPSA) is 48.9 Å². The van der Waals surface area contributed by atoms with Crippen molar-refractivity contribution in [3.05, 3.63) is 35.4 Å². The van der Waals surface area contributed by atoms with Crippen LogP contribution in [0.25, 0.3) is 0 Å². The Balaban J connectivity index is 1.91. The van der Waals surface area contributed by atoms with Crippen molar-refractivity contribution >= 4 is 5.96 Å². The van der Waals surface area contributed by atoms with Crippen LogP contribution in [0.4, 0.5) is 0 Å². The molecular weight excluding hydrogens is 324 g/mol. The van der Waals surface area contributed by atoms with Gasteiger partial charge in [0.2, 0.25) is 0 Å². The van der Waals surface area contributed by atoms with Crippen molar-refractivity contribution in [2.45, 2.75) is 46.7 Å². The lowest BCUT2D eigenvalue weighted by Crippen LogP contribution is -2.39. The fourth-order valence-corrected chi connectivity index (χ4v) is 3.17. The molecule has 0 amide bonds. The molecule has 2 rings (SSSR count). The normalized spacial score (nSPS) is 16.1. The molecule has 1 aliphatic heterocycles. The third kappa shape index (κ3) is 7.34. The Bertz CT molecular complexity index is 537. The average Bonchev–Trinajstić information content (AvgIpc) is 2.68. The molecule has 146 valence electrons. The van der Waals surface area contributed by atoms with Crippen LogP contribution in [-0.2, 0) is 17.8 Å². The van der Waals surface area contributed by atoms with Gasteiger partial charge in [-0.05, 0) is 24.0 Å². The lowest BCUT2D eigenvalue weighted by Gasteiger charge is -2.26. The van der Waals surface area contributed by atoms with Crippen LogP contribution in [0.3, 0.4) is 0 Å². The molecule has 5 nitrogen and oxygen atoms in total. The molecular formula is C21H36N4O. The second kappa shape index (κ2) is 11.9. The highest BCUT2D eigenvalue weighted by Gasteiger charge is 2.11. The first kappa shape index (κ1) is 20.7. The van der Waals surface area contributed by atoms with Gasteiger partial charge < -0.3 is 15.4 Å². The second-order valence-corrected chi connectivity index (χ2v) is 6.97. The van der Waals surface area contributed by atoms with Gasteiger partial charge in [0, 0.05) is 32.7 Å². The van der Waals surface area contributed by atoms with E-state index in [0.29, 0.717) is 12.5 Å². The quantitative estimate of drug-likeness (QED) is 0.525. The number of morpholine rings is 1. The number of hydrogen-bond donors (Lipinski definition) is 2. The lowest BCUT2D eigenvalue weighted by atomic mass is 10.0. The molecule has 1 heterocycles. The van der Waals surface area contributed by atoms with Gasteiger partial charge in [-0.25, -0.2) is 4.99 Å². The summed E-state index contributed by atoms with van der Waals surface area (Å²) in [5.74, 6) is 1.62. The standard InChI is InChI=1S/C21H36N4O/c1-4-18(5-2)15-23-21(22-6-3)24-16-19-8-7-9-20(14-19)17-25-10-12-26-13-11-25/h7-9,14,18H,4-6,10-13,15-17H2,1-3H3,(H2,22,23,24). The third-order valence-corrected chi connectivity index (χ3v) is 4.98. The highest BCUT2D eigenvalue weighted by atomic mass is 16.5. The van der Waals surface area contributed by atoms with E-state index in [9.17, 15) is 0 Å². The average molecular weight is 361 g/mol. The van der Waals surface area contributed by atoms with Crippen molar-refractivity contribution in [3.63, 3.8) is 0 Å².